The topological polar surface area (TPSA) is 25.2 Å². The Labute approximate surface area is 118 Å². The predicted molar refractivity (Wildman–Crippen MR) is 78.7 cm³/mol. The van der Waals surface area contributed by atoms with Crippen molar-refractivity contribution in [2.75, 3.05) is 5.32 Å². The van der Waals surface area contributed by atoms with Crippen LogP contribution in [0.4, 0.5) is 5.69 Å². The molecule has 1 fully saturated rings. The summed E-state index contributed by atoms with van der Waals surface area (Å²) in [6.07, 6.45) is 1.26. The number of aryl methyl sites for hydroxylation is 1. The van der Waals surface area contributed by atoms with Crippen molar-refractivity contribution in [2.24, 2.45) is 5.92 Å². The van der Waals surface area contributed by atoms with Crippen molar-refractivity contribution in [3.63, 3.8) is 0 Å². The summed E-state index contributed by atoms with van der Waals surface area (Å²) in [5.74, 6) is 3.53. The van der Waals surface area contributed by atoms with E-state index in [2.05, 4.69) is 31.3 Å². The van der Waals surface area contributed by atoms with Crippen LogP contribution in [0, 0.1) is 12.8 Å². The molecular weight excluding hydrogens is 258 g/mol. The molecule has 0 aliphatic heterocycles. The maximum absolute atomic E-state index is 6.01. The highest BCUT2D eigenvalue weighted by Gasteiger charge is 2.36. The third-order valence-corrected chi connectivity index (χ3v) is 4.05. The summed E-state index contributed by atoms with van der Waals surface area (Å²) in [6.45, 7) is 5.03. The first-order valence-electron chi connectivity index (χ1n) is 6.72. The Morgan fingerprint density at radius 1 is 1.32 bits per heavy atom. The molecule has 0 radical (unpaired) electrons. The van der Waals surface area contributed by atoms with Gasteiger partial charge in [-0.15, -0.1) is 0 Å². The van der Waals surface area contributed by atoms with E-state index < -0.39 is 0 Å². The first kappa shape index (κ1) is 12.6. The van der Waals surface area contributed by atoms with Crippen LogP contribution < -0.4 is 5.32 Å². The number of rotatable bonds is 4. The third kappa shape index (κ3) is 2.79. The number of hydrogen-bond donors (Lipinski definition) is 1. The minimum absolute atomic E-state index is 0.640. The highest BCUT2D eigenvalue weighted by molar-refractivity contribution is 6.30. The van der Waals surface area contributed by atoms with Crippen LogP contribution in [0.3, 0.4) is 0 Å². The summed E-state index contributed by atoms with van der Waals surface area (Å²) >= 11 is 6.01. The van der Waals surface area contributed by atoms with Gasteiger partial charge in [0.05, 0.1) is 6.54 Å². The SMILES string of the molecule is Cc1ccc(Cl)cc1NCc1ccc(C2CC2C)o1. The zero-order valence-electron chi connectivity index (χ0n) is 11.2. The summed E-state index contributed by atoms with van der Waals surface area (Å²) < 4.78 is 5.87. The number of benzene rings is 1. The normalized spacial score (nSPS) is 21.4. The molecule has 3 heteroatoms. The van der Waals surface area contributed by atoms with Crippen molar-refractivity contribution in [3.05, 3.63) is 52.4 Å². The van der Waals surface area contributed by atoms with E-state index in [4.69, 9.17) is 16.0 Å². The molecule has 1 saturated carbocycles. The monoisotopic (exact) mass is 275 g/mol. The summed E-state index contributed by atoms with van der Waals surface area (Å²) in [7, 11) is 0. The number of hydrogen-bond acceptors (Lipinski definition) is 2. The van der Waals surface area contributed by atoms with Crippen molar-refractivity contribution in [1.82, 2.24) is 0 Å². The first-order chi connectivity index (χ1) is 9.13. The van der Waals surface area contributed by atoms with E-state index in [0.717, 1.165) is 28.1 Å². The number of halogens is 1. The van der Waals surface area contributed by atoms with E-state index in [9.17, 15) is 0 Å². The van der Waals surface area contributed by atoms with Gasteiger partial charge in [0.25, 0.3) is 0 Å². The van der Waals surface area contributed by atoms with Crippen molar-refractivity contribution in [1.29, 1.82) is 0 Å². The second kappa shape index (κ2) is 4.93. The molecular formula is C16H18ClNO. The Balaban J connectivity index is 1.65. The Kier molecular flexibility index (Phi) is 3.28. The van der Waals surface area contributed by atoms with Crippen molar-refractivity contribution in [2.45, 2.75) is 32.7 Å². The lowest BCUT2D eigenvalue weighted by Crippen LogP contribution is -1.99. The van der Waals surface area contributed by atoms with E-state index >= 15 is 0 Å². The van der Waals surface area contributed by atoms with Gasteiger partial charge in [-0.05, 0) is 49.1 Å². The molecule has 2 atom stereocenters. The van der Waals surface area contributed by atoms with Crippen molar-refractivity contribution in [3.8, 4) is 0 Å². The standard InChI is InChI=1S/C16H18ClNO/c1-10-3-4-12(17)8-15(10)18-9-13-5-6-16(19-13)14-7-11(14)2/h3-6,8,11,14,18H,7,9H2,1-2H3. The molecule has 0 bridgehead atoms. The van der Waals surface area contributed by atoms with Crippen LogP contribution in [0.25, 0.3) is 0 Å². The Hall–Kier alpha value is -1.41. The van der Waals surface area contributed by atoms with Gasteiger partial charge in [-0.1, -0.05) is 24.6 Å². The lowest BCUT2D eigenvalue weighted by atomic mass is 10.2. The van der Waals surface area contributed by atoms with Gasteiger partial charge in [-0.25, -0.2) is 0 Å². The van der Waals surface area contributed by atoms with Crippen molar-refractivity contribution >= 4 is 17.3 Å². The average Bonchev–Trinajstić information content (AvgIpc) is 2.93. The van der Waals surface area contributed by atoms with Gasteiger partial charge >= 0.3 is 0 Å². The molecule has 1 aromatic heterocycles. The fourth-order valence-corrected chi connectivity index (χ4v) is 2.55. The van der Waals surface area contributed by atoms with E-state index in [0.29, 0.717) is 12.5 Å². The van der Waals surface area contributed by atoms with Gasteiger partial charge in [0.1, 0.15) is 11.5 Å². The highest BCUT2D eigenvalue weighted by atomic mass is 35.5. The van der Waals surface area contributed by atoms with Gasteiger partial charge in [-0.2, -0.15) is 0 Å². The lowest BCUT2D eigenvalue weighted by molar-refractivity contribution is 0.468. The van der Waals surface area contributed by atoms with Gasteiger partial charge < -0.3 is 9.73 Å². The van der Waals surface area contributed by atoms with Gasteiger partial charge in [0.15, 0.2) is 0 Å². The molecule has 1 N–H and O–H groups in total. The Bertz CT molecular complexity index is 590. The van der Waals surface area contributed by atoms with E-state index in [1.807, 2.05) is 18.2 Å². The molecule has 2 aromatic rings. The second-order valence-electron chi connectivity index (χ2n) is 5.44. The maximum atomic E-state index is 6.01. The third-order valence-electron chi connectivity index (χ3n) is 3.81. The summed E-state index contributed by atoms with van der Waals surface area (Å²) in [4.78, 5) is 0. The van der Waals surface area contributed by atoms with Crippen LogP contribution in [0.2, 0.25) is 5.02 Å². The van der Waals surface area contributed by atoms with Gasteiger partial charge in [-0.3, -0.25) is 0 Å². The quantitative estimate of drug-likeness (QED) is 0.851. The largest absolute Gasteiger partial charge is 0.464 e. The fraction of sp³-hybridized carbons (Fsp3) is 0.375. The molecule has 100 valence electrons. The summed E-state index contributed by atoms with van der Waals surface area (Å²) in [6, 6.07) is 10.0. The minimum atomic E-state index is 0.640. The second-order valence-corrected chi connectivity index (χ2v) is 5.87. The molecule has 2 unspecified atom stereocenters. The summed E-state index contributed by atoms with van der Waals surface area (Å²) in [5, 5.41) is 4.13. The van der Waals surface area contributed by atoms with E-state index in [-0.39, 0.29) is 0 Å². The molecule has 0 saturated heterocycles. The van der Waals surface area contributed by atoms with Crippen LogP contribution >= 0.6 is 11.6 Å². The number of furan rings is 1. The highest BCUT2D eigenvalue weighted by Crippen LogP contribution is 2.47. The number of nitrogens with one attached hydrogen (secondary N) is 1. The zero-order valence-corrected chi connectivity index (χ0v) is 12.0. The molecule has 0 amide bonds. The van der Waals surface area contributed by atoms with Crippen LogP contribution in [-0.4, -0.2) is 0 Å². The molecule has 19 heavy (non-hydrogen) atoms. The Morgan fingerprint density at radius 2 is 2.11 bits per heavy atom. The first-order valence-corrected chi connectivity index (χ1v) is 7.10. The van der Waals surface area contributed by atoms with E-state index in [1.165, 1.54) is 12.0 Å². The smallest absolute Gasteiger partial charge is 0.123 e. The molecule has 3 rings (SSSR count). The predicted octanol–water partition coefficient (Wildman–Crippen LogP) is 4.98. The average molecular weight is 276 g/mol. The van der Waals surface area contributed by atoms with E-state index in [1.54, 1.807) is 0 Å². The molecule has 1 aromatic carbocycles. The maximum Gasteiger partial charge on any atom is 0.123 e. The van der Waals surface area contributed by atoms with Crippen LogP contribution in [0.5, 0.6) is 0 Å². The summed E-state index contributed by atoms with van der Waals surface area (Å²) in [5.41, 5.74) is 2.25. The molecule has 2 nitrogen and oxygen atoms in total. The van der Waals surface area contributed by atoms with Gasteiger partial charge in [0.2, 0.25) is 0 Å². The molecule has 1 heterocycles. The molecule has 0 spiro atoms. The molecule has 1 aliphatic rings. The van der Waals surface area contributed by atoms with Crippen molar-refractivity contribution < 1.29 is 4.42 Å². The van der Waals surface area contributed by atoms with Crippen LogP contribution in [0.15, 0.2) is 34.7 Å². The Morgan fingerprint density at radius 3 is 2.84 bits per heavy atom. The number of anilines is 1. The fourth-order valence-electron chi connectivity index (χ4n) is 2.37. The van der Waals surface area contributed by atoms with Crippen LogP contribution in [-0.2, 0) is 6.54 Å². The lowest BCUT2D eigenvalue weighted by Gasteiger charge is -2.08. The molecule has 1 aliphatic carbocycles. The minimum Gasteiger partial charge on any atom is -0.464 e. The zero-order chi connectivity index (χ0) is 13.4. The van der Waals surface area contributed by atoms with Crippen LogP contribution in [0.1, 0.15) is 36.3 Å². The van der Waals surface area contributed by atoms with Gasteiger partial charge in [0, 0.05) is 16.6 Å².